The monoisotopic (exact) mass is 307 g/mol. The lowest BCUT2D eigenvalue weighted by atomic mass is 10.1. The van der Waals surface area contributed by atoms with E-state index in [0.717, 1.165) is 16.5 Å². The van der Waals surface area contributed by atoms with Gasteiger partial charge in [0.1, 0.15) is 11.3 Å². The second kappa shape index (κ2) is 5.20. The normalized spacial score (nSPS) is 11.2. The fraction of sp³-hybridized carbons (Fsp3) is 0.125. The second-order valence-corrected chi connectivity index (χ2v) is 5.00. The zero-order valence-corrected chi connectivity index (χ0v) is 12.4. The van der Waals surface area contributed by atoms with Gasteiger partial charge in [0.25, 0.3) is 0 Å². The standard InChI is InChI=1S/C16H13N5O2/c1-2-23-16(22)13-14(20-21-7-3-6-17-15(13)21)10-4-5-12-11(8-10)9-18-19-12/h3-9H,2H2,1H3,(H,18,19). The summed E-state index contributed by atoms with van der Waals surface area (Å²) in [6, 6.07) is 7.50. The number of nitrogens with one attached hydrogen (secondary N) is 1. The summed E-state index contributed by atoms with van der Waals surface area (Å²) >= 11 is 0. The molecule has 7 heteroatoms. The van der Waals surface area contributed by atoms with Crippen LogP contribution in [0.25, 0.3) is 27.8 Å². The second-order valence-electron chi connectivity index (χ2n) is 5.00. The van der Waals surface area contributed by atoms with E-state index in [0.29, 0.717) is 23.5 Å². The summed E-state index contributed by atoms with van der Waals surface area (Å²) in [5.41, 5.74) is 3.13. The minimum absolute atomic E-state index is 0.295. The number of rotatable bonds is 3. The molecule has 4 rings (SSSR count). The molecule has 0 atom stereocenters. The van der Waals surface area contributed by atoms with Gasteiger partial charge in [-0.05, 0) is 25.1 Å². The van der Waals surface area contributed by atoms with Crippen LogP contribution >= 0.6 is 0 Å². The van der Waals surface area contributed by atoms with Crippen molar-refractivity contribution in [3.8, 4) is 11.3 Å². The van der Waals surface area contributed by atoms with Gasteiger partial charge >= 0.3 is 5.97 Å². The summed E-state index contributed by atoms with van der Waals surface area (Å²) < 4.78 is 6.76. The predicted octanol–water partition coefficient (Wildman–Crippen LogP) is 2.45. The van der Waals surface area contributed by atoms with Crippen LogP contribution in [0.4, 0.5) is 0 Å². The largest absolute Gasteiger partial charge is 0.462 e. The van der Waals surface area contributed by atoms with Crippen molar-refractivity contribution in [2.75, 3.05) is 6.61 Å². The van der Waals surface area contributed by atoms with Crippen molar-refractivity contribution in [1.82, 2.24) is 24.8 Å². The van der Waals surface area contributed by atoms with Gasteiger partial charge in [0.15, 0.2) is 5.65 Å². The Morgan fingerprint density at radius 1 is 1.39 bits per heavy atom. The summed E-state index contributed by atoms with van der Waals surface area (Å²) in [6.45, 7) is 2.07. The first-order valence-electron chi connectivity index (χ1n) is 7.22. The number of carbonyl (C=O) groups excluding carboxylic acids is 1. The molecule has 0 fully saturated rings. The zero-order valence-electron chi connectivity index (χ0n) is 12.4. The lowest BCUT2D eigenvalue weighted by molar-refractivity contribution is 0.0529. The van der Waals surface area contributed by atoms with E-state index >= 15 is 0 Å². The van der Waals surface area contributed by atoms with Gasteiger partial charge in [-0.25, -0.2) is 14.3 Å². The van der Waals surface area contributed by atoms with Gasteiger partial charge in [-0.3, -0.25) is 5.10 Å². The van der Waals surface area contributed by atoms with Crippen LogP contribution in [0.2, 0.25) is 0 Å². The fourth-order valence-electron chi connectivity index (χ4n) is 2.57. The number of nitrogens with zero attached hydrogens (tertiary/aromatic N) is 4. The van der Waals surface area contributed by atoms with Crippen molar-refractivity contribution in [3.63, 3.8) is 0 Å². The number of ether oxygens (including phenoxy) is 1. The number of hydrogen-bond acceptors (Lipinski definition) is 5. The molecule has 0 spiro atoms. The van der Waals surface area contributed by atoms with Crippen molar-refractivity contribution in [2.45, 2.75) is 6.92 Å². The summed E-state index contributed by atoms with van der Waals surface area (Å²) in [5.74, 6) is -0.427. The van der Waals surface area contributed by atoms with Crippen molar-refractivity contribution in [3.05, 3.63) is 48.4 Å². The molecule has 0 bridgehead atoms. The van der Waals surface area contributed by atoms with E-state index in [1.165, 1.54) is 0 Å². The van der Waals surface area contributed by atoms with E-state index < -0.39 is 5.97 Å². The Labute approximate surface area is 130 Å². The maximum Gasteiger partial charge on any atom is 0.344 e. The lowest BCUT2D eigenvalue weighted by Crippen LogP contribution is -2.06. The van der Waals surface area contributed by atoms with Gasteiger partial charge < -0.3 is 4.74 Å². The zero-order chi connectivity index (χ0) is 15.8. The Morgan fingerprint density at radius 2 is 2.30 bits per heavy atom. The highest BCUT2D eigenvalue weighted by Gasteiger charge is 2.23. The van der Waals surface area contributed by atoms with Gasteiger partial charge in [-0.15, -0.1) is 0 Å². The highest BCUT2D eigenvalue weighted by atomic mass is 16.5. The summed E-state index contributed by atoms with van der Waals surface area (Å²) in [5, 5.41) is 12.4. The van der Waals surface area contributed by atoms with Crippen molar-refractivity contribution >= 4 is 22.5 Å². The molecule has 1 N–H and O–H groups in total. The third-order valence-corrected chi connectivity index (χ3v) is 3.59. The number of fused-ring (bicyclic) bond motifs is 2. The van der Waals surface area contributed by atoms with Crippen molar-refractivity contribution in [1.29, 1.82) is 0 Å². The average Bonchev–Trinajstić information content (AvgIpc) is 3.18. The van der Waals surface area contributed by atoms with E-state index in [9.17, 15) is 4.79 Å². The Morgan fingerprint density at radius 3 is 3.17 bits per heavy atom. The molecule has 3 heterocycles. The molecular weight excluding hydrogens is 294 g/mol. The number of H-pyrrole nitrogens is 1. The maximum absolute atomic E-state index is 12.4. The Balaban J connectivity index is 1.97. The van der Waals surface area contributed by atoms with Crippen LogP contribution in [0.3, 0.4) is 0 Å². The van der Waals surface area contributed by atoms with Crippen molar-refractivity contribution < 1.29 is 9.53 Å². The van der Waals surface area contributed by atoms with E-state index in [2.05, 4.69) is 20.3 Å². The first-order chi connectivity index (χ1) is 11.3. The molecule has 114 valence electrons. The fourth-order valence-corrected chi connectivity index (χ4v) is 2.57. The minimum Gasteiger partial charge on any atom is -0.462 e. The lowest BCUT2D eigenvalue weighted by Gasteiger charge is -2.03. The quantitative estimate of drug-likeness (QED) is 0.588. The molecule has 0 amide bonds. The molecule has 0 saturated heterocycles. The first-order valence-corrected chi connectivity index (χ1v) is 7.22. The summed E-state index contributed by atoms with van der Waals surface area (Å²) in [4.78, 5) is 16.7. The van der Waals surface area contributed by atoms with Gasteiger partial charge in [-0.2, -0.15) is 10.2 Å². The van der Waals surface area contributed by atoms with Crippen molar-refractivity contribution in [2.24, 2.45) is 0 Å². The smallest absolute Gasteiger partial charge is 0.344 e. The molecule has 0 aliphatic carbocycles. The number of hydrogen-bond donors (Lipinski definition) is 1. The van der Waals surface area contributed by atoms with Crippen LogP contribution < -0.4 is 0 Å². The Kier molecular flexibility index (Phi) is 3.04. The number of aromatic nitrogens is 5. The Hall–Kier alpha value is -3.22. The highest BCUT2D eigenvalue weighted by Crippen LogP contribution is 2.28. The molecule has 0 saturated carbocycles. The van der Waals surface area contributed by atoms with Gasteiger partial charge in [0.05, 0.1) is 18.3 Å². The van der Waals surface area contributed by atoms with Gasteiger partial charge in [0.2, 0.25) is 0 Å². The third kappa shape index (κ3) is 2.13. The van der Waals surface area contributed by atoms with Gasteiger partial charge in [0, 0.05) is 23.3 Å². The van der Waals surface area contributed by atoms with Crippen LogP contribution in [-0.4, -0.2) is 37.4 Å². The molecule has 0 unspecified atom stereocenters. The number of aromatic amines is 1. The first kappa shape index (κ1) is 13.4. The van der Waals surface area contributed by atoms with Crippen LogP contribution in [0, 0.1) is 0 Å². The Bertz CT molecular complexity index is 1020. The molecule has 1 aromatic carbocycles. The number of esters is 1. The SMILES string of the molecule is CCOC(=O)c1c(-c2ccc3[nH]ncc3c2)nn2cccnc12. The minimum atomic E-state index is -0.427. The predicted molar refractivity (Wildman–Crippen MR) is 84.0 cm³/mol. The summed E-state index contributed by atoms with van der Waals surface area (Å²) in [7, 11) is 0. The van der Waals surface area contributed by atoms with E-state index in [-0.39, 0.29) is 0 Å². The van der Waals surface area contributed by atoms with Crippen LogP contribution in [-0.2, 0) is 4.74 Å². The van der Waals surface area contributed by atoms with E-state index in [1.807, 2.05) is 18.2 Å². The molecule has 0 aliphatic heterocycles. The maximum atomic E-state index is 12.4. The molecule has 0 radical (unpaired) electrons. The van der Waals surface area contributed by atoms with E-state index in [4.69, 9.17) is 4.74 Å². The third-order valence-electron chi connectivity index (χ3n) is 3.59. The topological polar surface area (TPSA) is 85.2 Å². The molecule has 4 aromatic rings. The van der Waals surface area contributed by atoms with Crippen LogP contribution in [0.15, 0.2) is 42.9 Å². The average molecular weight is 307 g/mol. The molecule has 0 aliphatic rings. The van der Waals surface area contributed by atoms with Crippen LogP contribution in [0.5, 0.6) is 0 Å². The molecule has 7 nitrogen and oxygen atoms in total. The number of benzene rings is 1. The highest BCUT2D eigenvalue weighted by molar-refractivity contribution is 6.03. The number of carbonyl (C=O) groups is 1. The molecule has 23 heavy (non-hydrogen) atoms. The molecular formula is C16H13N5O2. The van der Waals surface area contributed by atoms with E-state index in [1.54, 1.807) is 36.1 Å². The summed E-state index contributed by atoms with van der Waals surface area (Å²) in [6.07, 6.45) is 5.12. The molecule has 3 aromatic heterocycles. The van der Waals surface area contributed by atoms with Gasteiger partial charge in [-0.1, -0.05) is 6.07 Å². The van der Waals surface area contributed by atoms with Crippen LogP contribution in [0.1, 0.15) is 17.3 Å².